The highest BCUT2D eigenvalue weighted by molar-refractivity contribution is 7.08. The van der Waals surface area contributed by atoms with Gasteiger partial charge in [-0.3, -0.25) is 9.79 Å². The molecule has 2 heterocycles. The van der Waals surface area contributed by atoms with Gasteiger partial charge in [0.25, 0.3) is 0 Å². The van der Waals surface area contributed by atoms with Crippen molar-refractivity contribution < 1.29 is 4.79 Å². The predicted octanol–water partition coefficient (Wildman–Crippen LogP) is 2.10. The highest BCUT2D eigenvalue weighted by Crippen LogP contribution is 2.18. The van der Waals surface area contributed by atoms with E-state index in [9.17, 15) is 4.79 Å². The molecular weight excluding hydrogens is 208 g/mol. The number of carbonyl (C=O) groups excluding carboxylic acids is 1. The van der Waals surface area contributed by atoms with Gasteiger partial charge in [0.05, 0.1) is 0 Å². The van der Waals surface area contributed by atoms with Crippen LogP contribution in [0.5, 0.6) is 0 Å². The molecule has 1 aromatic heterocycles. The van der Waals surface area contributed by atoms with E-state index in [4.69, 9.17) is 0 Å². The Morgan fingerprint density at radius 3 is 2.93 bits per heavy atom. The molecule has 0 saturated heterocycles. The Morgan fingerprint density at radius 2 is 2.33 bits per heavy atom. The quantitative estimate of drug-likeness (QED) is 0.836. The Morgan fingerprint density at radius 1 is 1.53 bits per heavy atom. The number of amidine groups is 1. The Labute approximate surface area is 93.2 Å². The molecule has 1 amide bonds. The lowest BCUT2D eigenvalue weighted by molar-refractivity contribution is -0.120. The third kappa shape index (κ3) is 1.95. The zero-order valence-electron chi connectivity index (χ0n) is 8.91. The van der Waals surface area contributed by atoms with Gasteiger partial charge in [-0.25, -0.2) is 0 Å². The van der Waals surface area contributed by atoms with Gasteiger partial charge >= 0.3 is 0 Å². The van der Waals surface area contributed by atoms with E-state index in [1.54, 1.807) is 11.3 Å². The number of hydrogen-bond donors (Lipinski definition) is 1. The standard InChI is InChI=1S/C11H14N2OS/c1-3-4-9-11(14)13-10(12-9)8-6-15-5-7(8)2/h5-6,9H,3-4H2,1-2H3,(H,12,13,14). The summed E-state index contributed by atoms with van der Waals surface area (Å²) >= 11 is 1.64. The van der Waals surface area contributed by atoms with E-state index in [1.807, 2.05) is 12.3 Å². The van der Waals surface area contributed by atoms with Crippen LogP contribution in [0.2, 0.25) is 0 Å². The molecule has 1 N–H and O–H groups in total. The second kappa shape index (κ2) is 4.14. The van der Waals surface area contributed by atoms with Crippen LogP contribution in [-0.4, -0.2) is 17.8 Å². The Balaban J connectivity index is 2.22. The molecule has 2 rings (SSSR count). The average molecular weight is 222 g/mol. The van der Waals surface area contributed by atoms with Crippen LogP contribution in [0.4, 0.5) is 0 Å². The fourth-order valence-electron chi connectivity index (χ4n) is 1.66. The van der Waals surface area contributed by atoms with Gasteiger partial charge in [0.15, 0.2) is 0 Å². The molecule has 1 atom stereocenters. The number of aryl methyl sites for hydroxylation is 1. The van der Waals surface area contributed by atoms with Gasteiger partial charge in [0.2, 0.25) is 5.91 Å². The SMILES string of the molecule is CCCC1N=C(c2cscc2C)NC1=O. The molecule has 0 radical (unpaired) electrons. The number of rotatable bonds is 3. The maximum atomic E-state index is 11.6. The molecule has 0 spiro atoms. The summed E-state index contributed by atoms with van der Waals surface area (Å²) in [5, 5.41) is 6.95. The molecule has 1 aliphatic rings. The summed E-state index contributed by atoms with van der Waals surface area (Å²) in [5.74, 6) is 0.787. The van der Waals surface area contributed by atoms with Gasteiger partial charge in [0, 0.05) is 10.9 Å². The Bertz CT molecular complexity index is 408. The Hall–Kier alpha value is -1.16. The highest BCUT2D eigenvalue weighted by atomic mass is 32.1. The first-order chi connectivity index (χ1) is 7.22. The van der Waals surface area contributed by atoms with Crippen LogP contribution in [0.3, 0.4) is 0 Å². The van der Waals surface area contributed by atoms with E-state index < -0.39 is 0 Å². The monoisotopic (exact) mass is 222 g/mol. The van der Waals surface area contributed by atoms with Crippen molar-refractivity contribution in [3.05, 3.63) is 21.9 Å². The number of amides is 1. The van der Waals surface area contributed by atoms with Crippen LogP contribution in [0.15, 0.2) is 15.8 Å². The second-order valence-corrected chi connectivity index (χ2v) is 4.48. The maximum absolute atomic E-state index is 11.6. The van der Waals surface area contributed by atoms with Crippen LogP contribution >= 0.6 is 11.3 Å². The number of nitrogens with zero attached hydrogens (tertiary/aromatic N) is 1. The van der Waals surface area contributed by atoms with Crippen LogP contribution < -0.4 is 5.32 Å². The molecule has 0 fully saturated rings. The molecule has 0 bridgehead atoms. The van der Waals surface area contributed by atoms with Crippen molar-refractivity contribution >= 4 is 23.1 Å². The van der Waals surface area contributed by atoms with E-state index in [0.717, 1.165) is 24.2 Å². The summed E-state index contributed by atoms with van der Waals surface area (Å²) in [6.07, 6.45) is 1.82. The summed E-state index contributed by atoms with van der Waals surface area (Å²) in [6, 6.07) is -0.177. The van der Waals surface area contributed by atoms with Gasteiger partial charge in [-0.1, -0.05) is 13.3 Å². The largest absolute Gasteiger partial charge is 0.309 e. The number of hydrogen-bond acceptors (Lipinski definition) is 3. The topological polar surface area (TPSA) is 41.5 Å². The van der Waals surface area contributed by atoms with Crippen molar-refractivity contribution in [3.8, 4) is 0 Å². The number of carbonyl (C=O) groups is 1. The van der Waals surface area contributed by atoms with Crippen molar-refractivity contribution in [3.63, 3.8) is 0 Å². The molecule has 0 aliphatic carbocycles. The first kappa shape index (κ1) is 10.4. The lowest BCUT2D eigenvalue weighted by Gasteiger charge is -1.99. The van der Waals surface area contributed by atoms with Gasteiger partial charge < -0.3 is 5.32 Å². The number of nitrogens with one attached hydrogen (secondary N) is 1. The highest BCUT2D eigenvalue weighted by Gasteiger charge is 2.26. The fourth-order valence-corrected chi connectivity index (χ4v) is 2.49. The molecule has 0 saturated carbocycles. The van der Waals surface area contributed by atoms with Gasteiger partial charge in [-0.2, -0.15) is 11.3 Å². The van der Waals surface area contributed by atoms with E-state index in [1.165, 1.54) is 5.56 Å². The Kier molecular flexibility index (Phi) is 2.86. The third-order valence-corrected chi connectivity index (χ3v) is 3.36. The second-order valence-electron chi connectivity index (χ2n) is 3.74. The van der Waals surface area contributed by atoms with Gasteiger partial charge in [-0.05, 0) is 24.3 Å². The minimum Gasteiger partial charge on any atom is -0.309 e. The molecule has 1 aromatic rings. The zero-order valence-corrected chi connectivity index (χ0v) is 9.73. The molecule has 1 unspecified atom stereocenters. The molecule has 0 aromatic carbocycles. The van der Waals surface area contributed by atoms with Gasteiger partial charge in [-0.15, -0.1) is 0 Å². The van der Waals surface area contributed by atoms with E-state index >= 15 is 0 Å². The number of thiophene rings is 1. The van der Waals surface area contributed by atoms with Crippen LogP contribution in [-0.2, 0) is 4.79 Å². The molecule has 80 valence electrons. The molecule has 1 aliphatic heterocycles. The summed E-state index contributed by atoms with van der Waals surface area (Å²) < 4.78 is 0. The van der Waals surface area contributed by atoms with E-state index in [2.05, 4.69) is 22.6 Å². The zero-order chi connectivity index (χ0) is 10.8. The molecular formula is C11H14N2OS. The first-order valence-corrected chi connectivity index (χ1v) is 6.08. The molecule has 15 heavy (non-hydrogen) atoms. The average Bonchev–Trinajstić information content (AvgIpc) is 2.75. The smallest absolute Gasteiger partial charge is 0.250 e. The van der Waals surface area contributed by atoms with Crippen LogP contribution in [0, 0.1) is 6.92 Å². The summed E-state index contributed by atoms with van der Waals surface area (Å²) in [5.41, 5.74) is 2.24. The van der Waals surface area contributed by atoms with Crippen LogP contribution in [0.1, 0.15) is 30.9 Å². The third-order valence-electron chi connectivity index (χ3n) is 2.50. The summed E-state index contributed by atoms with van der Waals surface area (Å²) in [4.78, 5) is 16.0. The molecule has 4 heteroatoms. The molecule has 3 nitrogen and oxygen atoms in total. The van der Waals surface area contributed by atoms with Crippen LogP contribution in [0.25, 0.3) is 0 Å². The normalized spacial score (nSPS) is 20.3. The van der Waals surface area contributed by atoms with Crippen molar-refractivity contribution in [2.75, 3.05) is 0 Å². The lowest BCUT2D eigenvalue weighted by Crippen LogP contribution is -2.29. The summed E-state index contributed by atoms with van der Waals surface area (Å²) in [6.45, 7) is 4.10. The minimum absolute atomic E-state index is 0.0393. The van der Waals surface area contributed by atoms with Crippen molar-refractivity contribution in [2.24, 2.45) is 4.99 Å². The van der Waals surface area contributed by atoms with E-state index in [-0.39, 0.29) is 11.9 Å². The first-order valence-electron chi connectivity index (χ1n) is 5.14. The van der Waals surface area contributed by atoms with E-state index in [0.29, 0.717) is 0 Å². The van der Waals surface area contributed by atoms with Crippen molar-refractivity contribution in [1.82, 2.24) is 5.32 Å². The minimum atomic E-state index is -0.177. The lowest BCUT2D eigenvalue weighted by atomic mass is 10.2. The maximum Gasteiger partial charge on any atom is 0.250 e. The number of aliphatic imine (C=N–C) groups is 1. The van der Waals surface area contributed by atoms with Crippen molar-refractivity contribution in [1.29, 1.82) is 0 Å². The van der Waals surface area contributed by atoms with Gasteiger partial charge in [0.1, 0.15) is 11.9 Å². The summed E-state index contributed by atoms with van der Waals surface area (Å²) in [7, 11) is 0. The predicted molar refractivity (Wildman–Crippen MR) is 62.4 cm³/mol. The fraction of sp³-hybridized carbons (Fsp3) is 0.455. The van der Waals surface area contributed by atoms with Crippen molar-refractivity contribution in [2.45, 2.75) is 32.7 Å².